The minimum atomic E-state index is -0.368. The van der Waals surface area contributed by atoms with Crippen LogP contribution in [0.2, 0.25) is 5.02 Å². The summed E-state index contributed by atoms with van der Waals surface area (Å²) in [5.41, 5.74) is 2.11. The summed E-state index contributed by atoms with van der Waals surface area (Å²) < 4.78 is 7.30. The second-order valence-corrected chi connectivity index (χ2v) is 6.88. The quantitative estimate of drug-likeness (QED) is 0.522. The number of aromatic nitrogens is 3. The second-order valence-electron chi connectivity index (χ2n) is 6.45. The maximum absolute atomic E-state index is 12.8. The normalized spacial score (nSPS) is 10.8. The van der Waals surface area contributed by atoms with Gasteiger partial charge in [0.25, 0.3) is 0 Å². The van der Waals surface area contributed by atoms with Crippen LogP contribution in [0.25, 0.3) is 16.6 Å². The van der Waals surface area contributed by atoms with Crippen LogP contribution >= 0.6 is 11.6 Å². The Morgan fingerprint density at radius 2 is 2.03 bits per heavy atom. The molecule has 2 heterocycles. The van der Waals surface area contributed by atoms with Crippen molar-refractivity contribution in [3.8, 4) is 11.4 Å². The lowest BCUT2D eigenvalue weighted by atomic mass is 10.1. The number of anilines is 1. The molecule has 0 atom stereocenters. The van der Waals surface area contributed by atoms with Crippen molar-refractivity contribution in [2.24, 2.45) is 0 Å². The van der Waals surface area contributed by atoms with E-state index >= 15 is 0 Å². The summed E-state index contributed by atoms with van der Waals surface area (Å²) in [5.74, 6) is 1.26. The van der Waals surface area contributed by atoms with E-state index in [-0.39, 0.29) is 5.69 Å². The third kappa shape index (κ3) is 4.07. The van der Waals surface area contributed by atoms with E-state index in [1.807, 2.05) is 42.5 Å². The summed E-state index contributed by atoms with van der Waals surface area (Å²) in [5, 5.41) is 4.35. The van der Waals surface area contributed by atoms with Gasteiger partial charge in [-0.1, -0.05) is 23.7 Å². The zero-order valence-electron chi connectivity index (χ0n) is 15.8. The zero-order chi connectivity index (χ0) is 20.2. The minimum Gasteiger partial charge on any atom is -0.492 e. The van der Waals surface area contributed by atoms with Crippen molar-refractivity contribution < 1.29 is 4.74 Å². The number of hydrogen-bond donors (Lipinski definition) is 1. The largest absolute Gasteiger partial charge is 0.492 e. The summed E-state index contributed by atoms with van der Waals surface area (Å²) in [6.45, 7) is 0.508. The first kappa shape index (κ1) is 19.0. The maximum Gasteiger partial charge on any atom is 0.354 e. The molecular formula is C22H19ClN4O2. The molecule has 0 amide bonds. The molecule has 4 aromatic rings. The van der Waals surface area contributed by atoms with Crippen LogP contribution in [0.15, 0.2) is 71.8 Å². The molecule has 0 aliphatic rings. The smallest absolute Gasteiger partial charge is 0.354 e. The number of hydrogen-bond acceptors (Lipinski definition) is 5. The fraction of sp³-hybridized carbons (Fsp3) is 0.136. The van der Waals surface area contributed by atoms with Crippen LogP contribution in [0.5, 0.6) is 5.75 Å². The molecule has 0 aliphatic heterocycles. The molecule has 2 aromatic carbocycles. The molecule has 2 aromatic heterocycles. The van der Waals surface area contributed by atoms with E-state index in [9.17, 15) is 4.79 Å². The number of ether oxygens (including phenoxy) is 1. The molecule has 4 rings (SSSR count). The van der Waals surface area contributed by atoms with E-state index in [0.717, 1.165) is 22.4 Å². The molecule has 0 fully saturated rings. The lowest BCUT2D eigenvalue weighted by molar-refractivity contribution is 0.320. The monoisotopic (exact) mass is 406 g/mol. The van der Waals surface area contributed by atoms with E-state index < -0.39 is 0 Å². The van der Waals surface area contributed by atoms with Crippen molar-refractivity contribution >= 4 is 28.3 Å². The van der Waals surface area contributed by atoms with Crippen LogP contribution in [-0.2, 0) is 6.42 Å². The van der Waals surface area contributed by atoms with E-state index in [0.29, 0.717) is 29.4 Å². The number of pyridine rings is 1. The van der Waals surface area contributed by atoms with Gasteiger partial charge in [-0.25, -0.2) is 4.79 Å². The van der Waals surface area contributed by atoms with Gasteiger partial charge in [-0.05, 0) is 48.0 Å². The van der Waals surface area contributed by atoms with Crippen LogP contribution in [0.4, 0.5) is 5.82 Å². The first-order valence-corrected chi connectivity index (χ1v) is 9.56. The number of rotatable bonds is 6. The predicted octanol–water partition coefficient (Wildman–Crippen LogP) is 4.10. The van der Waals surface area contributed by atoms with E-state index in [4.69, 9.17) is 16.3 Å². The topological polar surface area (TPSA) is 69.0 Å². The minimum absolute atomic E-state index is 0.368. The van der Waals surface area contributed by atoms with Gasteiger partial charge in [-0.2, -0.15) is 4.98 Å². The molecule has 7 heteroatoms. The summed E-state index contributed by atoms with van der Waals surface area (Å²) in [7, 11) is 1.74. The molecule has 6 nitrogen and oxygen atoms in total. The van der Waals surface area contributed by atoms with Crippen molar-refractivity contribution in [1.82, 2.24) is 14.5 Å². The summed E-state index contributed by atoms with van der Waals surface area (Å²) in [6.07, 6.45) is 4.08. The summed E-state index contributed by atoms with van der Waals surface area (Å²) in [6, 6.07) is 16.9. The Labute approximate surface area is 172 Å². The van der Waals surface area contributed by atoms with Crippen LogP contribution < -0.4 is 15.7 Å². The Bertz CT molecular complexity index is 1210. The molecule has 29 heavy (non-hydrogen) atoms. The van der Waals surface area contributed by atoms with Crippen molar-refractivity contribution in [2.75, 3.05) is 19.0 Å². The predicted molar refractivity (Wildman–Crippen MR) is 115 cm³/mol. The third-order valence-corrected chi connectivity index (χ3v) is 4.79. The van der Waals surface area contributed by atoms with E-state index in [1.165, 1.54) is 0 Å². The van der Waals surface area contributed by atoms with Crippen LogP contribution in [0, 0.1) is 0 Å². The molecule has 0 radical (unpaired) electrons. The molecule has 0 spiro atoms. The first-order valence-electron chi connectivity index (χ1n) is 9.18. The average Bonchev–Trinajstić information content (AvgIpc) is 2.74. The molecule has 0 saturated heterocycles. The maximum atomic E-state index is 12.8. The van der Waals surface area contributed by atoms with Gasteiger partial charge in [0, 0.05) is 30.1 Å². The van der Waals surface area contributed by atoms with Gasteiger partial charge < -0.3 is 10.1 Å². The number of fused-ring (bicyclic) bond motifs is 1. The summed E-state index contributed by atoms with van der Waals surface area (Å²) in [4.78, 5) is 21.0. The molecule has 1 N–H and O–H groups in total. The van der Waals surface area contributed by atoms with Crippen molar-refractivity contribution in [3.05, 3.63) is 88.1 Å². The number of benzene rings is 2. The SMILES string of the molecule is CNc1nc(=O)n(-c2cccc(CCOc3cccnc3)c2)c2cc(Cl)ccc12. The van der Waals surface area contributed by atoms with Crippen LogP contribution in [0.1, 0.15) is 5.56 Å². The van der Waals surface area contributed by atoms with Gasteiger partial charge >= 0.3 is 5.69 Å². The number of halogens is 1. The molecule has 0 aliphatic carbocycles. The highest BCUT2D eigenvalue weighted by atomic mass is 35.5. The highest BCUT2D eigenvalue weighted by molar-refractivity contribution is 6.31. The lowest BCUT2D eigenvalue weighted by Gasteiger charge is -2.14. The van der Waals surface area contributed by atoms with Gasteiger partial charge in [0.15, 0.2) is 0 Å². The fourth-order valence-electron chi connectivity index (χ4n) is 3.21. The Kier molecular flexibility index (Phi) is 5.44. The van der Waals surface area contributed by atoms with Crippen LogP contribution in [0.3, 0.4) is 0 Å². The zero-order valence-corrected chi connectivity index (χ0v) is 16.6. The molecule has 146 valence electrons. The average molecular weight is 407 g/mol. The van der Waals surface area contributed by atoms with Gasteiger partial charge in [0.2, 0.25) is 0 Å². The molecular weight excluding hydrogens is 388 g/mol. The van der Waals surface area contributed by atoms with E-state index in [1.54, 1.807) is 36.1 Å². The molecule has 0 unspecified atom stereocenters. The van der Waals surface area contributed by atoms with Gasteiger partial charge in [-0.15, -0.1) is 0 Å². The highest BCUT2D eigenvalue weighted by Crippen LogP contribution is 2.25. The number of nitrogens with zero attached hydrogens (tertiary/aromatic N) is 3. The number of nitrogens with one attached hydrogen (secondary N) is 1. The second kappa shape index (κ2) is 8.32. The molecule has 0 saturated carbocycles. The van der Waals surface area contributed by atoms with Gasteiger partial charge in [0.1, 0.15) is 11.6 Å². The summed E-state index contributed by atoms with van der Waals surface area (Å²) >= 11 is 6.21. The van der Waals surface area contributed by atoms with Crippen molar-refractivity contribution in [2.45, 2.75) is 6.42 Å². The molecule has 0 bridgehead atoms. The fourth-order valence-corrected chi connectivity index (χ4v) is 3.38. The Morgan fingerprint density at radius 1 is 1.14 bits per heavy atom. The Hall–Kier alpha value is -3.38. The lowest BCUT2D eigenvalue weighted by Crippen LogP contribution is -2.23. The Morgan fingerprint density at radius 3 is 2.83 bits per heavy atom. The van der Waals surface area contributed by atoms with Gasteiger partial charge in [-0.3, -0.25) is 9.55 Å². The van der Waals surface area contributed by atoms with Crippen molar-refractivity contribution in [3.63, 3.8) is 0 Å². The van der Waals surface area contributed by atoms with Crippen molar-refractivity contribution in [1.29, 1.82) is 0 Å². The standard InChI is InChI=1S/C22H19ClN4O2/c1-24-21-19-8-7-16(23)13-20(19)27(22(28)26-21)17-5-2-4-15(12-17)9-11-29-18-6-3-10-25-14-18/h2-8,10,12-14H,9,11H2,1H3,(H,24,26,28). The van der Waals surface area contributed by atoms with E-state index in [2.05, 4.69) is 15.3 Å². The van der Waals surface area contributed by atoms with Crippen LogP contribution in [-0.4, -0.2) is 28.2 Å². The first-order chi connectivity index (χ1) is 14.2. The third-order valence-electron chi connectivity index (χ3n) is 4.55. The van der Waals surface area contributed by atoms with Gasteiger partial charge in [0.05, 0.1) is 24.0 Å². The Balaban J connectivity index is 1.68. The highest BCUT2D eigenvalue weighted by Gasteiger charge is 2.12.